The molecular weight excluding hydrogens is 642 g/mol. The number of aromatic nitrogens is 4. The maximum atomic E-state index is 16.1. The highest BCUT2D eigenvalue weighted by Gasteiger charge is 2.33. The standard InChI is InChI=1S/C35H39ClF2N6O4/c1-8-47-17-13-22-12-14-39-28(20(2)3)30(22)44-32-23(18-26(38)29(40-32)27-24(36)10-9-11-25(27)37)31(41-33(44)45)43-16-15-42(19-21(43)4)34(46)48-35(5,6)7/h8-12,14,18,20-21H,1,13,15-17,19H2,2-7H3/t21-/m0/s1. The highest BCUT2D eigenvalue weighted by atomic mass is 35.5. The van der Waals surface area contributed by atoms with E-state index in [1.165, 1.54) is 35.1 Å². The summed E-state index contributed by atoms with van der Waals surface area (Å²) in [6, 6.07) is 6.67. The van der Waals surface area contributed by atoms with Crippen LogP contribution in [0.4, 0.5) is 19.4 Å². The summed E-state index contributed by atoms with van der Waals surface area (Å²) in [6.07, 6.45) is 2.92. The van der Waals surface area contributed by atoms with Gasteiger partial charge in [-0.2, -0.15) is 4.98 Å². The quantitative estimate of drug-likeness (QED) is 0.144. The van der Waals surface area contributed by atoms with Crippen LogP contribution in [0.5, 0.6) is 0 Å². The van der Waals surface area contributed by atoms with E-state index >= 15 is 8.78 Å². The van der Waals surface area contributed by atoms with Crippen LogP contribution in [0.1, 0.15) is 58.7 Å². The third-order valence-corrected chi connectivity index (χ3v) is 8.28. The average Bonchev–Trinajstić information content (AvgIpc) is 3.00. The smallest absolute Gasteiger partial charge is 0.410 e. The molecule has 1 aromatic carbocycles. The Balaban J connectivity index is 1.76. The van der Waals surface area contributed by atoms with Crippen LogP contribution in [0.15, 0.2) is 54.2 Å². The number of benzene rings is 1. The number of fused-ring (bicyclic) bond motifs is 1. The van der Waals surface area contributed by atoms with Crippen molar-refractivity contribution in [3.8, 4) is 16.9 Å². The number of halogens is 3. The zero-order valence-corrected chi connectivity index (χ0v) is 28.6. The molecule has 1 amide bonds. The van der Waals surface area contributed by atoms with Crippen LogP contribution in [0.25, 0.3) is 28.0 Å². The molecule has 4 heterocycles. The number of pyridine rings is 2. The lowest BCUT2D eigenvalue weighted by atomic mass is 10.0. The summed E-state index contributed by atoms with van der Waals surface area (Å²) in [5, 5.41) is 0.176. The Kier molecular flexibility index (Phi) is 10.0. The number of hydrogen-bond donors (Lipinski definition) is 0. The van der Waals surface area contributed by atoms with Crippen LogP contribution in [0.3, 0.4) is 0 Å². The number of anilines is 1. The minimum atomic E-state index is -0.849. The van der Waals surface area contributed by atoms with Gasteiger partial charge in [-0.15, -0.1) is 0 Å². The van der Waals surface area contributed by atoms with E-state index in [9.17, 15) is 9.59 Å². The van der Waals surface area contributed by atoms with Crippen LogP contribution in [0.2, 0.25) is 5.02 Å². The molecule has 3 aromatic heterocycles. The van der Waals surface area contributed by atoms with Gasteiger partial charge >= 0.3 is 11.8 Å². The van der Waals surface area contributed by atoms with E-state index in [2.05, 4.69) is 21.5 Å². The van der Waals surface area contributed by atoms with E-state index in [-0.39, 0.29) is 71.3 Å². The van der Waals surface area contributed by atoms with Gasteiger partial charge in [0.05, 0.1) is 40.2 Å². The van der Waals surface area contributed by atoms with E-state index in [1.807, 2.05) is 25.7 Å². The maximum Gasteiger partial charge on any atom is 0.410 e. The van der Waals surface area contributed by atoms with Crippen LogP contribution in [-0.2, 0) is 15.9 Å². The van der Waals surface area contributed by atoms with E-state index in [0.717, 1.165) is 0 Å². The molecule has 4 aromatic rings. The zero-order chi connectivity index (χ0) is 34.9. The molecule has 254 valence electrons. The number of piperazine rings is 1. The Labute approximate surface area is 283 Å². The van der Waals surface area contributed by atoms with Crippen molar-refractivity contribution in [1.82, 2.24) is 24.4 Å². The molecule has 5 rings (SSSR count). The summed E-state index contributed by atoms with van der Waals surface area (Å²) in [5.41, 5.74) is -0.172. The fourth-order valence-electron chi connectivity index (χ4n) is 5.84. The lowest BCUT2D eigenvalue weighted by Crippen LogP contribution is -2.55. The molecular formula is C35H39ClF2N6O4. The molecule has 10 nitrogen and oxygen atoms in total. The van der Waals surface area contributed by atoms with Crippen molar-refractivity contribution in [3.05, 3.63) is 87.8 Å². The van der Waals surface area contributed by atoms with E-state index in [1.54, 1.807) is 37.9 Å². The fraction of sp³-hybridized carbons (Fsp3) is 0.400. The highest BCUT2D eigenvalue weighted by Crippen LogP contribution is 2.36. The van der Waals surface area contributed by atoms with Gasteiger partial charge in [0.15, 0.2) is 11.5 Å². The Morgan fingerprint density at radius 3 is 2.56 bits per heavy atom. The van der Waals surface area contributed by atoms with Crippen LogP contribution >= 0.6 is 11.6 Å². The van der Waals surface area contributed by atoms with Gasteiger partial charge in [0.2, 0.25) is 0 Å². The minimum absolute atomic E-state index is 0.0395. The minimum Gasteiger partial charge on any atom is -0.501 e. The lowest BCUT2D eigenvalue weighted by molar-refractivity contribution is 0.0218. The second kappa shape index (κ2) is 13.9. The number of carbonyl (C=O) groups is 1. The number of carbonyl (C=O) groups excluding carboxylic acids is 1. The normalized spacial score (nSPS) is 15.2. The first kappa shape index (κ1) is 34.7. The van der Waals surface area contributed by atoms with E-state index in [0.29, 0.717) is 23.4 Å². The van der Waals surface area contributed by atoms with Gasteiger partial charge < -0.3 is 19.3 Å². The first-order valence-corrected chi connectivity index (χ1v) is 16.1. The van der Waals surface area contributed by atoms with Crippen molar-refractivity contribution in [2.24, 2.45) is 0 Å². The number of ether oxygens (including phenoxy) is 2. The molecule has 1 fully saturated rings. The Morgan fingerprint density at radius 1 is 1.17 bits per heavy atom. The predicted molar refractivity (Wildman–Crippen MR) is 182 cm³/mol. The number of rotatable bonds is 8. The molecule has 48 heavy (non-hydrogen) atoms. The predicted octanol–water partition coefficient (Wildman–Crippen LogP) is 7.05. The van der Waals surface area contributed by atoms with Crippen molar-refractivity contribution >= 4 is 34.5 Å². The largest absolute Gasteiger partial charge is 0.501 e. The summed E-state index contributed by atoms with van der Waals surface area (Å²) < 4.78 is 43.6. The zero-order valence-electron chi connectivity index (χ0n) is 27.9. The summed E-state index contributed by atoms with van der Waals surface area (Å²) in [5.74, 6) is -1.57. The molecule has 1 saturated heterocycles. The van der Waals surface area contributed by atoms with Crippen LogP contribution in [-0.4, -0.2) is 68.4 Å². The van der Waals surface area contributed by atoms with Gasteiger partial charge in [-0.05, 0) is 63.4 Å². The van der Waals surface area contributed by atoms with Crippen molar-refractivity contribution in [3.63, 3.8) is 0 Å². The molecule has 0 saturated carbocycles. The van der Waals surface area contributed by atoms with Crippen molar-refractivity contribution in [2.45, 2.75) is 65.5 Å². The highest BCUT2D eigenvalue weighted by molar-refractivity contribution is 6.33. The Bertz CT molecular complexity index is 1910. The maximum absolute atomic E-state index is 16.1. The van der Waals surface area contributed by atoms with Crippen molar-refractivity contribution in [2.75, 3.05) is 31.1 Å². The Morgan fingerprint density at radius 2 is 1.92 bits per heavy atom. The van der Waals surface area contributed by atoms with E-state index < -0.39 is 29.0 Å². The first-order valence-electron chi connectivity index (χ1n) is 15.7. The van der Waals surface area contributed by atoms with Crippen molar-refractivity contribution in [1.29, 1.82) is 0 Å². The first-order chi connectivity index (χ1) is 22.7. The molecule has 0 radical (unpaired) electrons. The van der Waals surface area contributed by atoms with Gasteiger partial charge in [-0.1, -0.05) is 38.1 Å². The van der Waals surface area contributed by atoms with E-state index in [4.69, 9.17) is 21.1 Å². The monoisotopic (exact) mass is 680 g/mol. The fourth-order valence-corrected chi connectivity index (χ4v) is 6.09. The average molecular weight is 681 g/mol. The number of hydrogen-bond acceptors (Lipinski definition) is 8. The van der Waals surface area contributed by atoms with Crippen LogP contribution in [0, 0.1) is 11.6 Å². The van der Waals surface area contributed by atoms with Gasteiger partial charge in [0, 0.05) is 38.3 Å². The molecule has 1 atom stereocenters. The molecule has 1 aliphatic rings. The SMILES string of the molecule is C=COCCc1ccnc(C(C)C)c1-n1c(=O)nc(N2CCN(C(=O)OC(C)(C)C)C[C@@H]2C)c2cc(F)c(-c3c(F)cccc3Cl)nc21. The summed E-state index contributed by atoms with van der Waals surface area (Å²) in [6.45, 7) is 15.8. The summed E-state index contributed by atoms with van der Waals surface area (Å²) in [4.78, 5) is 44.3. The molecule has 0 bridgehead atoms. The Hall–Kier alpha value is -4.58. The summed E-state index contributed by atoms with van der Waals surface area (Å²) in [7, 11) is 0. The third-order valence-electron chi connectivity index (χ3n) is 7.97. The lowest BCUT2D eigenvalue weighted by Gasteiger charge is -2.41. The topological polar surface area (TPSA) is 103 Å². The molecule has 0 unspecified atom stereocenters. The van der Waals surface area contributed by atoms with Crippen molar-refractivity contribution < 1.29 is 23.0 Å². The number of amides is 1. The molecule has 0 N–H and O–H groups in total. The summed E-state index contributed by atoms with van der Waals surface area (Å²) >= 11 is 6.38. The molecule has 0 spiro atoms. The third kappa shape index (κ3) is 6.99. The molecule has 13 heteroatoms. The van der Waals surface area contributed by atoms with Crippen LogP contribution < -0.4 is 10.6 Å². The molecule has 1 aliphatic heterocycles. The van der Waals surface area contributed by atoms with Gasteiger partial charge in [0.1, 0.15) is 22.9 Å². The molecule has 0 aliphatic carbocycles. The second-order valence-corrected chi connectivity index (χ2v) is 13.4. The second-order valence-electron chi connectivity index (χ2n) is 13.0. The van der Waals surface area contributed by atoms with Gasteiger partial charge in [0.25, 0.3) is 0 Å². The number of nitrogens with zero attached hydrogens (tertiary/aromatic N) is 6. The van der Waals surface area contributed by atoms with Gasteiger partial charge in [-0.3, -0.25) is 4.98 Å². The van der Waals surface area contributed by atoms with Gasteiger partial charge in [-0.25, -0.2) is 27.9 Å².